The van der Waals surface area contributed by atoms with Crippen molar-refractivity contribution in [2.24, 2.45) is 0 Å². The van der Waals surface area contributed by atoms with Crippen LogP contribution >= 0.6 is 0 Å². The first-order valence-corrected chi connectivity index (χ1v) is 9.99. The second-order valence-corrected chi connectivity index (χ2v) is 7.01. The predicted molar refractivity (Wildman–Crippen MR) is 109 cm³/mol. The molecule has 2 aromatic rings. The van der Waals surface area contributed by atoms with Crippen molar-refractivity contribution < 1.29 is 23.7 Å². The lowest BCUT2D eigenvalue weighted by Crippen LogP contribution is -2.37. The molecule has 4 rings (SSSR count). The molecule has 0 aliphatic carbocycles. The summed E-state index contributed by atoms with van der Waals surface area (Å²) in [7, 11) is 0. The van der Waals surface area contributed by atoms with Crippen LogP contribution in [0, 0.1) is 0 Å². The van der Waals surface area contributed by atoms with Crippen LogP contribution in [0.2, 0.25) is 0 Å². The van der Waals surface area contributed by atoms with E-state index in [9.17, 15) is 4.79 Å². The molecular weight excluding hydrogens is 372 g/mol. The van der Waals surface area contributed by atoms with Gasteiger partial charge >= 0.3 is 0 Å². The molecule has 0 spiro atoms. The summed E-state index contributed by atoms with van der Waals surface area (Å²) in [6, 6.07) is 9.54. The monoisotopic (exact) mass is 398 g/mol. The number of carbonyl (C=O) groups excluding carboxylic acids is 1. The Bertz CT molecular complexity index is 899. The van der Waals surface area contributed by atoms with E-state index in [0.29, 0.717) is 43.5 Å². The van der Waals surface area contributed by atoms with Gasteiger partial charge in [-0.05, 0) is 55.7 Å². The van der Waals surface area contributed by atoms with E-state index < -0.39 is 0 Å². The molecule has 0 unspecified atom stereocenters. The fourth-order valence-electron chi connectivity index (χ4n) is 3.67. The van der Waals surface area contributed by atoms with E-state index in [2.05, 4.69) is 16.3 Å². The van der Waals surface area contributed by atoms with Gasteiger partial charge in [0, 0.05) is 24.8 Å². The van der Waals surface area contributed by atoms with Crippen LogP contribution in [0.4, 0.5) is 5.69 Å². The Balaban J connectivity index is 1.40. The van der Waals surface area contributed by atoms with E-state index in [4.69, 9.17) is 18.9 Å². The molecule has 0 bridgehead atoms. The molecule has 2 aliphatic heterocycles. The van der Waals surface area contributed by atoms with E-state index in [-0.39, 0.29) is 12.7 Å². The van der Waals surface area contributed by atoms with E-state index in [1.165, 1.54) is 11.1 Å². The molecule has 1 N–H and O–H groups in total. The molecule has 1 amide bonds. The molecule has 7 heteroatoms. The summed E-state index contributed by atoms with van der Waals surface area (Å²) in [6.45, 7) is 7.18. The van der Waals surface area contributed by atoms with Crippen molar-refractivity contribution >= 4 is 11.6 Å². The Morgan fingerprint density at radius 2 is 1.76 bits per heavy atom. The highest BCUT2D eigenvalue weighted by Gasteiger charge is 2.22. The highest BCUT2D eigenvalue weighted by molar-refractivity contribution is 5.92. The number of ether oxygens (including phenoxy) is 4. The van der Waals surface area contributed by atoms with Gasteiger partial charge in [0.1, 0.15) is 0 Å². The van der Waals surface area contributed by atoms with Crippen molar-refractivity contribution in [2.45, 2.75) is 26.8 Å². The number of nitrogens with one attached hydrogen (secondary N) is 1. The van der Waals surface area contributed by atoms with Crippen LogP contribution in [0.15, 0.2) is 30.3 Å². The average molecular weight is 398 g/mol. The zero-order valence-corrected chi connectivity index (χ0v) is 16.8. The molecular formula is C22H26N2O5. The molecule has 154 valence electrons. The minimum atomic E-state index is -0.0525. The number of carbonyl (C=O) groups is 1. The number of hydrogen-bond acceptors (Lipinski definition) is 6. The molecule has 0 saturated heterocycles. The highest BCUT2D eigenvalue weighted by atomic mass is 16.7. The fraction of sp³-hybridized carbons (Fsp3) is 0.409. The van der Waals surface area contributed by atoms with Crippen molar-refractivity contribution in [3.8, 4) is 23.0 Å². The average Bonchev–Trinajstić information content (AvgIpc) is 3.17. The SMILES string of the molecule is CCOc1cc2c(cc1OCC)CN(CC(=O)Nc1ccc3c(c1)OCO3)CC2. The fourth-order valence-corrected chi connectivity index (χ4v) is 3.67. The smallest absolute Gasteiger partial charge is 0.238 e. The Labute approximate surface area is 170 Å². The van der Waals surface area contributed by atoms with Gasteiger partial charge in [-0.2, -0.15) is 0 Å². The van der Waals surface area contributed by atoms with Gasteiger partial charge in [-0.25, -0.2) is 0 Å². The lowest BCUT2D eigenvalue weighted by atomic mass is 9.98. The normalized spacial score (nSPS) is 15.0. The van der Waals surface area contributed by atoms with Crippen LogP contribution in [0.25, 0.3) is 0 Å². The molecule has 2 aromatic carbocycles. The summed E-state index contributed by atoms with van der Waals surface area (Å²) in [6.07, 6.45) is 0.874. The van der Waals surface area contributed by atoms with Gasteiger partial charge in [0.2, 0.25) is 12.7 Å². The number of hydrogen-bond donors (Lipinski definition) is 1. The van der Waals surface area contributed by atoms with E-state index in [0.717, 1.165) is 24.5 Å². The zero-order chi connectivity index (χ0) is 20.2. The molecule has 0 saturated carbocycles. The maximum Gasteiger partial charge on any atom is 0.238 e. The van der Waals surface area contributed by atoms with Crippen LogP contribution in [-0.2, 0) is 17.8 Å². The van der Waals surface area contributed by atoms with Gasteiger partial charge < -0.3 is 24.3 Å². The zero-order valence-electron chi connectivity index (χ0n) is 16.8. The second kappa shape index (κ2) is 8.61. The minimum Gasteiger partial charge on any atom is -0.490 e. The lowest BCUT2D eigenvalue weighted by molar-refractivity contribution is -0.117. The van der Waals surface area contributed by atoms with Crippen LogP contribution in [0.3, 0.4) is 0 Å². The third-order valence-corrected chi connectivity index (χ3v) is 4.98. The van der Waals surface area contributed by atoms with E-state index >= 15 is 0 Å². The van der Waals surface area contributed by atoms with Crippen molar-refractivity contribution in [3.05, 3.63) is 41.5 Å². The Morgan fingerprint density at radius 3 is 2.52 bits per heavy atom. The third-order valence-electron chi connectivity index (χ3n) is 4.98. The topological polar surface area (TPSA) is 69.3 Å². The number of benzene rings is 2. The highest BCUT2D eigenvalue weighted by Crippen LogP contribution is 2.35. The predicted octanol–water partition coefficient (Wildman–Crippen LogP) is 3.21. The second-order valence-electron chi connectivity index (χ2n) is 7.01. The summed E-state index contributed by atoms with van der Waals surface area (Å²) < 4.78 is 22.1. The summed E-state index contributed by atoms with van der Waals surface area (Å²) in [5, 5.41) is 2.94. The first kappa shape index (κ1) is 19.4. The van der Waals surface area contributed by atoms with E-state index in [1.807, 2.05) is 26.0 Å². The Morgan fingerprint density at radius 1 is 1.03 bits per heavy atom. The summed E-state index contributed by atoms with van der Waals surface area (Å²) in [5.74, 6) is 2.86. The third kappa shape index (κ3) is 4.40. The van der Waals surface area contributed by atoms with Gasteiger partial charge in [0.05, 0.1) is 19.8 Å². The minimum absolute atomic E-state index is 0.0525. The van der Waals surface area contributed by atoms with Crippen LogP contribution < -0.4 is 24.3 Å². The maximum atomic E-state index is 12.5. The van der Waals surface area contributed by atoms with Gasteiger partial charge in [-0.15, -0.1) is 0 Å². The van der Waals surface area contributed by atoms with Gasteiger partial charge in [0.15, 0.2) is 23.0 Å². The van der Waals surface area contributed by atoms with Crippen molar-refractivity contribution in [3.63, 3.8) is 0 Å². The largest absolute Gasteiger partial charge is 0.490 e. The molecule has 2 aliphatic rings. The van der Waals surface area contributed by atoms with Crippen molar-refractivity contribution in [1.29, 1.82) is 0 Å². The van der Waals surface area contributed by atoms with Crippen LogP contribution in [0.5, 0.6) is 23.0 Å². The van der Waals surface area contributed by atoms with Crippen molar-refractivity contribution in [2.75, 3.05) is 38.4 Å². The Hall–Kier alpha value is -2.93. The number of rotatable bonds is 7. The van der Waals surface area contributed by atoms with Crippen LogP contribution in [0.1, 0.15) is 25.0 Å². The molecule has 2 heterocycles. The van der Waals surface area contributed by atoms with Gasteiger partial charge in [-0.1, -0.05) is 0 Å². The first-order valence-electron chi connectivity index (χ1n) is 9.99. The molecule has 29 heavy (non-hydrogen) atoms. The van der Waals surface area contributed by atoms with Gasteiger partial charge in [-0.3, -0.25) is 9.69 Å². The summed E-state index contributed by atoms with van der Waals surface area (Å²) in [5.41, 5.74) is 3.14. The van der Waals surface area contributed by atoms with Gasteiger partial charge in [0.25, 0.3) is 0 Å². The van der Waals surface area contributed by atoms with Crippen LogP contribution in [-0.4, -0.2) is 43.9 Å². The number of anilines is 1. The molecule has 0 fully saturated rings. The molecule has 0 radical (unpaired) electrons. The number of nitrogens with zero attached hydrogens (tertiary/aromatic N) is 1. The van der Waals surface area contributed by atoms with Crippen molar-refractivity contribution in [1.82, 2.24) is 4.90 Å². The quantitative estimate of drug-likeness (QED) is 0.772. The molecule has 0 aromatic heterocycles. The number of amides is 1. The number of fused-ring (bicyclic) bond motifs is 2. The maximum absolute atomic E-state index is 12.5. The summed E-state index contributed by atoms with van der Waals surface area (Å²) >= 11 is 0. The summed E-state index contributed by atoms with van der Waals surface area (Å²) in [4.78, 5) is 14.7. The lowest BCUT2D eigenvalue weighted by Gasteiger charge is -2.29. The molecule has 7 nitrogen and oxygen atoms in total. The Kier molecular flexibility index (Phi) is 5.76. The first-order chi connectivity index (χ1) is 14.2. The van der Waals surface area contributed by atoms with E-state index in [1.54, 1.807) is 12.1 Å². The standard InChI is InChI=1S/C22H26N2O5/c1-3-26-19-9-15-7-8-24(12-16(15)10-20(19)27-4-2)13-22(25)23-17-5-6-18-21(11-17)29-14-28-18/h5-6,9-11H,3-4,7-8,12-14H2,1-2H3,(H,23,25). The molecule has 0 atom stereocenters.